The summed E-state index contributed by atoms with van der Waals surface area (Å²) in [4.78, 5) is 13.7. The zero-order valence-electron chi connectivity index (χ0n) is 14.5. The summed E-state index contributed by atoms with van der Waals surface area (Å²) >= 11 is 1.81. The highest BCUT2D eigenvalue weighted by Gasteiger charge is 2.08. The number of benzene rings is 3. The van der Waals surface area contributed by atoms with Gasteiger partial charge in [0.1, 0.15) is 0 Å². The van der Waals surface area contributed by atoms with Crippen LogP contribution in [0.1, 0.15) is 27.0 Å². The largest absolute Gasteiger partial charge is 0.322 e. The number of aryl methyl sites for hydroxylation is 2. The van der Waals surface area contributed by atoms with Crippen molar-refractivity contribution in [3.05, 3.63) is 95.1 Å². The first-order chi connectivity index (χ1) is 12.1. The Balaban J connectivity index is 1.66. The quantitative estimate of drug-likeness (QED) is 0.587. The van der Waals surface area contributed by atoms with Crippen LogP contribution in [-0.4, -0.2) is 5.91 Å². The Kier molecular flexibility index (Phi) is 5.56. The lowest BCUT2D eigenvalue weighted by Crippen LogP contribution is -2.12. The molecule has 0 spiro atoms. The second-order valence-electron chi connectivity index (χ2n) is 6.07. The molecule has 3 aromatic carbocycles. The molecule has 1 amide bonds. The van der Waals surface area contributed by atoms with Gasteiger partial charge in [0.25, 0.3) is 5.91 Å². The number of amides is 1. The van der Waals surface area contributed by atoms with Crippen molar-refractivity contribution in [1.82, 2.24) is 0 Å². The molecule has 3 heteroatoms. The summed E-state index contributed by atoms with van der Waals surface area (Å²) in [5.41, 5.74) is 4.95. The second-order valence-corrected chi connectivity index (χ2v) is 7.12. The highest BCUT2D eigenvalue weighted by molar-refractivity contribution is 7.98. The number of nitrogens with one attached hydrogen (secondary N) is 1. The van der Waals surface area contributed by atoms with Gasteiger partial charge in [-0.2, -0.15) is 0 Å². The molecule has 1 N–H and O–H groups in total. The molecule has 0 aliphatic carbocycles. The van der Waals surface area contributed by atoms with Gasteiger partial charge in [-0.15, -0.1) is 11.8 Å². The van der Waals surface area contributed by atoms with E-state index >= 15 is 0 Å². The predicted octanol–water partition coefficient (Wildman–Crippen LogP) is 5.85. The molecule has 0 aliphatic heterocycles. The number of hydrogen-bond acceptors (Lipinski definition) is 2. The Bertz CT molecular complexity index is 874. The third kappa shape index (κ3) is 4.74. The molecule has 3 aromatic rings. The van der Waals surface area contributed by atoms with Crippen LogP contribution in [0.3, 0.4) is 0 Å². The van der Waals surface area contributed by atoms with E-state index in [9.17, 15) is 4.79 Å². The predicted molar refractivity (Wildman–Crippen MR) is 106 cm³/mol. The Labute approximate surface area is 153 Å². The standard InChI is InChI=1S/C22H21NOS/c1-16-7-6-8-19(13-16)22(24)23-21-12-11-18(14-17(21)2)15-25-20-9-4-3-5-10-20/h3-14H,15H2,1-2H3,(H,23,24). The number of carbonyl (C=O) groups excluding carboxylic acids is 1. The lowest BCUT2D eigenvalue weighted by molar-refractivity contribution is 0.102. The Morgan fingerprint density at radius 2 is 1.72 bits per heavy atom. The lowest BCUT2D eigenvalue weighted by Gasteiger charge is -2.11. The van der Waals surface area contributed by atoms with Crippen LogP contribution in [0, 0.1) is 13.8 Å². The first kappa shape index (κ1) is 17.3. The van der Waals surface area contributed by atoms with Crippen molar-refractivity contribution in [2.45, 2.75) is 24.5 Å². The fourth-order valence-corrected chi connectivity index (χ4v) is 3.48. The molecule has 0 aliphatic rings. The van der Waals surface area contributed by atoms with Gasteiger partial charge in [0.05, 0.1) is 0 Å². The highest BCUT2D eigenvalue weighted by atomic mass is 32.2. The molecule has 0 radical (unpaired) electrons. The van der Waals surface area contributed by atoms with E-state index in [2.05, 4.69) is 41.7 Å². The minimum absolute atomic E-state index is 0.0711. The van der Waals surface area contributed by atoms with Gasteiger partial charge in [0, 0.05) is 21.9 Å². The molecule has 0 saturated heterocycles. The molecule has 3 rings (SSSR count). The van der Waals surface area contributed by atoms with Gasteiger partial charge in [-0.1, -0.05) is 48.0 Å². The number of thioether (sulfide) groups is 1. The third-order valence-corrected chi connectivity index (χ3v) is 5.05. The normalized spacial score (nSPS) is 10.5. The average Bonchev–Trinajstić information content (AvgIpc) is 2.63. The van der Waals surface area contributed by atoms with Gasteiger partial charge in [0.2, 0.25) is 0 Å². The molecule has 0 fully saturated rings. The summed E-state index contributed by atoms with van der Waals surface area (Å²) in [5, 5.41) is 3.01. The molecule has 126 valence electrons. The molecule has 0 aromatic heterocycles. The highest BCUT2D eigenvalue weighted by Crippen LogP contribution is 2.25. The summed E-state index contributed by atoms with van der Waals surface area (Å²) in [6, 6.07) is 24.2. The van der Waals surface area contributed by atoms with Crippen molar-refractivity contribution in [3.8, 4) is 0 Å². The van der Waals surface area contributed by atoms with Crippen molar-refractivity contribution in [3.63, 3.8) is 0 Å². The zero-order chi connectivity index (χ0) is 17.6. The van der Waals surface area contributed by atoms with E-state index in [1.54, 1.807) is 0 Å². The van der Waals surface area contributed by atoms with E-state index in [0.717, 1.165) is 22.6 Å². The van der Waals surface area contributed by atoms with Crippen LogP contribution in [-0.2, 0) is 5.75 Å². The van der Waals surface area contributed by atoms with E-state index in [0.29, 0.717) is 5.56 Å². The molecule has 2 nitrogen and oxygen atoms in total. The molecule has 25 heavy (non-hydrogen) atoms. The van der Waals surface area contributed by atoms with E-state index < -0.39 is 0 Å². The zero-order valence-corrected chi connectivity index (χ0v) is 15.3. The van der Waals surface area contributed by atoms with Crippen molar-refractivity contribution >= 4 is 23.4 Å². The van der Waals surface area contributed by atoms with Crippen LogP contribution in [0.25, 0.3) is 0 Å². The van der Waals surface area contributed by atoms with Gasteiger partial charge in [-0.05, 0) is 55.3 Å². The maximum absolute atomic E-state index is 12.4. The fourth-order valence-electron chi connectivity index (χ4n) is 2.62. The number of hydrogen-bond donors (Lipinski definition) is 1. The summed E-state index contributed by atoms with van der Waals surface area (Å²) in [7, 11) is 0. The Morgan fingerprint density at radius 1 is 0.920 bits per heavy atom. The topological polar surface area (TPSA) is 29.1 Å². The van der Waals surface area contributed by atoms with E-state index in [-0.39, 0.29) is 5.91 Å². The Morgan fingerprint density at radius 3 is 2.44 bits per heavy atom. The summed E-state index contributed by atoms with van der Waals surface area (Å²) in [6.45, 7) is 4.02. The van der Waals surface area contributed by atoms with Crippen LogP contribution in [0.15, 0.2) is 77.7 Å². The van der Waals surface area contributed by atoms with E-state index in [1.807, 2.05) is 62.0 Å². The molecular weight excluding hydrogens is 326 g/mol. The third-order valence-electron chi connectivity index (χ3n) is 3.97. The van der Waals surface area contributed by atoms with Gasteiger partial charge < -0.3 is 5.32 Å². The summed E-state index contributed by atoms with van der Waals surface area (Å²) < 4.78 is 0. The van der Waals surface area contributed by atoms with Crippen LogP contribution >= 0.6 is 11.8 Å². The van der Waals surface area contributed by atoms with Gasteiger partial charge in [-0.25, -0.2) is 0 Å². The van der Waals surface area contributed by atoms with Crippen LogP contribution in [0.4, 0.5) is 5.69 Å². The molecule has 0 unspecified atom stereocenters. The van der Waals surface area contributed by atoms with Crippen molar-refractivity contribution < 1.29 is 4.79 Å². The molecule has 0 saturated carbocycles. The monoisotopic (exact) mass is 347 g/mol. The number of rotatable bonds is 5. The molecule has 0 heterocycles. The summed E-state index contributed by atoms with van der Waals surface area (Å²) in [5.74, 6) is 0.843. The maximum Gasteiger partial charge on any atom is 0.255 e. The minimum Gasteiger partial charge on any atom is -0.322 e. The van der Waals surface area contributed by atoms with Gasteiger partial charge in [-0.3, -0.25) is 4.79 Å². The first-order valence-electron chi connectivity index (χ1n) is 8.27. The van der Waals surface area contributed by atoms with Crippen LogP contribution in [0.5, 0.6) is 0 Å². The first-order valence-corrected chi connectivity index (χ1v) is 9.26. The fraction of sp³-hybridized carbons (Fsp3) is 0.136. The maximum atomic E-state index is 12.4. The molecule has 0 bridgehead atoms. The number of carbonyl (C=O) groups is 1. The Hall–Kier alpha value is -2.52. The second kappa shape index (κ2) is 8.04. The SMILES string of the molecule is Cc1cccc(C(=O)Nc2ccc(CSc3ccccc3)cc2C)c1. The minimum atomic E-state index is -0.0711. The smallest absolute Gasteiger partial charge is 0.255 e. The van der Waals surface area contributed by atoms with Gasteiger partial charge >= 0.3 is 0 Å². The van der Waals surface area contributed by atoms with Crippen molar-refractivity contribution in [2.24, 2.45) is 0 Å². The average molecular weight is 347 g/mol. The van der Waals surface area contributed by atoms with E-state index in [1.165, 1.54) is 10.5 Å². The molecule has 0 atom stereocenters. The number of anilines is 1. The van der Waals surface area contributed by atoms with Gasteiger partial charge in [0.15, 0.2) is 0 Å². The van der Waals surface area contributed by atoms with Crippen molar-refractivity contribution in [1.29, 1.82) is 0 Å². The molecular formula is C22H21NOS. The lowest BCUT2D eigenvalue weighted by atomic mass is 10.1. The van der Waals surface area contributed by atoms with Crippen molar-refractivity contribution in [2.75, 3.05) is 5.32 Å². The summed E-state index contributed by atoms with van der Waals surface area (Å²) in [6.07, 6.45) is 0. The van der Waals surface area contributed by atoms with E-state index in [4.69, 9.17) is 0 Å². The van der Waals surface area contributed by atoms with Crippen LogP contribution < -0.4 is 5.32 Å². The van der Waals surface area contributed by atoms with Crippen LogP contribution in [0.2, 0.25) is 0 Å².